The Bertz CT molecular complexity index is 1140. The molecule has 3 aromatic heterocycles. The summed E-state index contributed by atoms with van der Waals surface area (Å²) < 4.78 is 1.76. The van der Waals surface area contributed by atoms with Crippen molar-refractivity contribution in [1.29, 1.82) is 0 Å². The van der Waals surface area contributed by atoms with Gasteiger partial charge < -0.3 is 20.2 Å². The molecule has 0 radical (unpaired) electrons. The molecule has 2 N–H and O–H groups in total. The van der Waals surface area contributed by atoms with Crippen molar-refractivity contribution in [2.75, 3.05) is 25.5 Å². The molecule has 0 bridgehead atoms. The molecular formula is C21H27N7O3S. The maximum atomic E-state index is 13.3. The monoisotopic (exact) mass is 457 g/mol. The number of rotatable bonds is 4. The maximum absolute atomic E-state index is 13.3. The Kier molecular flexibility index (Phi) is 5.76. The van der Waals surface area contributed by atoms with Crippen LogP contribution in [0.1, 0.15) is 44.1 Å². The zero-order chi connectivity index (χ0) is 23.0. The minimum atomic E-state index is -0.950. The van der Waals surface area contributed by atoms with E-state index in [1.807, 2.05) is 32.3 Å². The zero-order valence-corrected chi connectivity index (χ0v) is 19.4. The van der Waals surface area contributed by atoms with Crippen LogP contribution in [0.25, 0.3) is 16.2 Å². The van der Waals surface area contributed by atoms with Gasteiger partial charge in [0.25, 0.3) is 5.91 Å². The molecule has 11 heteroatoms. The van der Waals surface area contributed by atoms with Crippen molar-refractivity contribution in [2.45, 2.75) is 45.2 Å². The van der Waals surface area contributed by atoms with Gasteiger partial charge in [-0.2, -0.15) is 5.10 Å². The number of hydrogen-bond donors (Lipinski definition) is 2. The van der Waals surface area contributed by atoms with Crippen LogP contribution in [0.2, 0.25) is 0 Å². The third kappa shape index (κ3) is 4.52. The molecular weight excluding hydrogens is 430 g/mol. The highest BCUT2D eigenvalue weighted by atomic mass is 32.1. The van der Waals surface area contributed by atoms with Gasteiger partial charge in [-0.05, 0) is 33.6 Å². The van der Waals surface area contributed by atoms with Gasteiger partial charge in [0.05, 0.1) is 11.8 Å². The number of carbonyl (C=O) groups is 2. The molecule has 3 aromatic rings. The molecule has 1 saturated heterocycles. The molecule has 10 nitrogen and oxygen atoms in total. The fraction of sp³-hybridized carbons (Fsp3) is 0.476. The predicted octanol–water partition coefficient (Wildman–Crippen LogP) is 3.28. The summed E-state index contributed by atoms with van der Waals surface area (Å²) in [5, 5.41) is 18.8. The number of carboxylic acid groups (broad SMARTS) is 1. The Hall–Kier alpha value is -3.21. The van der Waals surface area contributed by atoms with Crippen LogP contribution >= 0.6 is 11.3 Å². The van der Waals surface area contributed by atoms with E-state index in [1.54, 1.807) is 28.7 Å². The van der Waals surface area contributed by atoms with Gasteiger partial charge in [0, 0.05) is 49.4 Å². The van der Waals surface area contributed by atoms with Gasteiger partial charge in [-0.3, -0.25) is 4.79 Å². The van der Waals surface area contributed by atoms with Gasteiger partial charge >= 0.3 is 6.09 Å². The van der Waals surface area contributed by atoms with Crippen LogP contribution in [-0.2, 0) is 0 Å². The molecule has 2 amide bonds. The summed E-state index contributed by atoms with van der Waals surface area (Å²) >= 11 is 1.53. The van der Waals surface area contributed by atoms with Crippen LogP contribution in [0.15, 0.2) is 23.8 Å². The molecule has 4 rings (SSSR count). The Morgan fingerprint density at radius 1 is 1.25 bits per heavy atom. The molecule has 0 spiro atoms. The number of thiazole rings is 1. The summed E-state index contributed by atoms with van der Waals surface area (Å²) in [6, 6.07) is 1.59. The third-order valence-electron chi connectivity index (χ3n) is 5.42. The van der Waals surface area contributed by atoms with E-state index in [0.29, 0.717) is 43.3 Å². The summed E-state index contributed by atoms with van der Waals surface area (Å²) in [7, 11) is 1.57. The number of carbonyl (C=O) groups excluding carboxylic acids is 1. The number of nitrogens with zero attached hydrogens (tertiary/aromatic N) is 6. The molecule has 170 valence electrons. The third-order valence-corrected chi connectivity index (χ3v) is 6.31. The molecule has 1 fully saturated rings. The van der Waals surface area contributed by atoms with Crippen LogP contribution < -0.4 is 5.32 Å². The number of anilines is 1. The highest BCUT2D eigenvalue weighted by molar-refractivity contribution is 7.16. The first-order valence-corrected chi connectivity index (χ1v) is 11.3. The van der Waals surface area contributed by atoms with E-state index in [1.165, 1.54) is 16.2 Å². The Balaban J connectivity index is 1.63. The number of aromatic nitrogens is 4. The lowest BCUT2D eigenvalue weighted by Crippen LogP contribution is -2.47. The van der Waals surface area contributed by atoms with Crippen molar-refractivity contribution >= 4 is 34.0 Å². The molecule has 0 saturated carbocycles. The average molecular weight is 458 g/mol. The minimum Gasteiger partial charge on any atom is -0.465 e. The average Bonchev–Trinajstić information content (AvgIpc) is 3.35. The van der Waals surface area contributed by atoms with Crippen molar-refractivity contribution in [1.82, 2.24) is 29.4 Å². The summed E-state index contributed by atoms with van der Waals surface area (Å²) in [6.07, 6.45) is 3.82. The molecule has 0 atom stereocenters. The second-order valence-electron chi connectivity index (χ2n) is 8.96. The highest BCUT2D eigenvalue weighted by Crippen LogP contribution is 2.28. The van der Waals surface area contributed by atoms with Gasteiger partial charge in [-0.1, -0.05) is 0 Å². The van der Waals surface area contributed by atoms with Gasteiger partial charge in [0.1, 0.15) is 16.3 Å². The molecule has 0 aliphatic carbocycles. The van der Waals surface area contributed by atoms with E-state index in [-0.39, 0.29) is 17.5 Å². The van der Waals surface area contributed by atoms with E-state index in [2.05, 4.69) is 20.4 Å². The topological polar surface area (TPSA) is 116 Å². The second-order valence-corrected chi connectivity index (χ2v) is 9.86. The van der Waals surface area contributed by atoms with E-state index >= 15 is 0 Å². The lowest BCUT2D eigenvalue weighted by molar-refractivity contribution is 0.0638. The molecule has 4 heterocycles. The summed E-state index contributed by atoms with van der Waals surface area (Å²) in [4.78, 5) is 37.8. The summed E-state index contributed by atoms with van der Waals surface area (Å²) in [6.45, 7) is 7.03. The lowest BCUT2D eigenvalue weighted by atomic mass is 10.0. The standard InChI is InChI=1S/C21H27N7O3S/c1-21(2,3)25-16-11-15(18(29)27-7-5-13(6-8-27)26(4)20(30)31)23-17(24-16)14-12-22-28-9-10-32-19(14)28/h9-13H,5-8H2,1-4H3,(H,30,31)(H,23,24,25). The predicted molar refractivity (Wildman–Crippen MR) is 122 cm³/mol. The molecule has 0 unspecified atom stereocenters. The Morgan fingerprint density at radius 2 is 1.97 bits per heavy atom. The first-order valence-electron chi connectivity index (χ1n) is 10.5. The van der Waals surface area contributed by atoms with Crippen LogP contribution in [0, 0.1) is 0 Å². The fourth-order valence-corrected chi connectivity index (χ4v) is 4.57. The van der Waals surface area contributed by atoms with Crippen molar-refractivity contribution in [3.05, 3.63) is 29.5 Å². The van der Waals surface area contributed by atoms with Crippen molar-refractivity contribution < 1.29 is 14.7 Å². The van der Waals surface area contributed by atoms with Crippen molar-refractivity contribution in [3.63, 3.8) is 0 Å². The largest absolute Gasteiger partial charge is 0.465 e. The SMILES string of the molecule is CN(C(=O)O)C1CCN(C(=O)c2cc(NC(C)(C)C)nc(-c3cnn4ccsc34)n2)CC1. The molecule has 32 heavy (non-hydrogen) atoms. The smallest absolute Gasteiger partial charge is 0.407 e. The zero-order valence-electron chi connectivity index (χ0n) is 18.6. The maximum Gasteiger partial charge on any atom is 0.407 e. The first kappa shape index (κ1) is 22.0. The summed E-state index contributed by atoms with van der Waals surface area (Å²) in [5.41, 5.74) is 0.833. The van der Waals surface area contributed by atoms with E-state index in [9.17, 15) is 14.7 Å². The van der Waals surface area contributed by atoms with E-state index in [0.717, 1.165) is 10.4 Å². The van der Waals surface area contributed by atoms with Crippen LogP contribution in [0.4, 0.5) is 10.6 Å². The normalized spacial score (nSPS) is 15.2. The second kappa shape index (κ2) is 8.38. The van der Waals surface area contributed by atoms with Crippen molar-refractivity contribution in [2.24, 2.45) is 0 Å². The van der Waals surface area contributed by atoms with Gasteiger partial charge in [-0.25, -0.2) is 19.3 Å². The number of fused-ring (bicyclic) bond motifs is 1. The quantitative estimate of drug-likeness (QED) is 0.618. The minimum absolute atomic E-state index is 0.0878. The lowest BCUT2D eigenvalue weighted by Gasteiger charge is -2.35. The molecule has 1 aliphatic heterocycles. The van der Waals surface area contributed by atoms with E-state index in [4.69, 9.17) is 0 Å². The highest BCUT2D eigenvalue weighted by Gasteiger charge is 2.29. The number of piperidine rings is 1. The number of hydrogen-bond acceptors (Lipinski definition) is 7. The summed E-state index contributed by atoms with van der Waals surface area (Å²) in [5.74, 6) is 0.833. The van der Waals surface area contributed by atoms with Crippen LogP contribution in [0.3, 0.4) is 0 Å². The van der Waals surface area contributed by atoms with Crippen LogP contribution in [-0.4, -0.2) is 78.2 Å². The first-order chi connectivity index (χ1) is 15.1. The Morgan fingerprint density at radius 3 is 2.62 bits per heavy atom. The molecule has 1 aliphatic rings. The number of amides is 2. The van der Waals surface area contributed by atoms with E-state index < -0.39 is 6.09 Å². The van der Waals surface area contributed by atoms with Crippen LogP contribution in [0.5, 0.6) is 0 Å². The number of nitrogens with one attached hydrogen (secondary N) is 1. The fourth-order valence-electron chi connectivity index (χ4n) is 3.78. The van der Waals surface area contributed by atoms with Gasteiger partial charge in [0.15, 0.2) is 5.82 Å². The number of likely N-dealkylation sites (tertiary alicyclic amines) is 1. The molecule has 0 aromatic carbocycles. The van der Waals surface area contributed by atoms with Gasteiger partial charge in [-0.15, -0.1) is 11.3 Å². The van der Waals surface area contributed by atoms with Crippen molar-refractivity contribution in [3.8, 4) is 11.4 Å². The Labute approximate surface area is 189 Å². The van der Waals surface area contributed by atoms with Gasteiger partial charge in [0.2, 0.25) is 0 Å².